The van der Waals surface area contributed by atoms with Gasteiger partial charge in [0.05, 0.1) is 23.9 Å². The summed E-state index contributed by atoms with van der Waals surface area (Å²) in [7, 11) is 0. The van der Waals surface area contributed by atoms with E-state index < -0.39 is 24.1 Å². The molecule has 1 heterocycles. The summed E-state index contributed by atoms with van der Waals surface area (Å²) in [6, 6.07) is 9.32. The predicted molar refractivity (Wildman–Crippen MR) is 112 cm³/mol. The fraction of sp³-hybridized carbons (Fsp3) is 0.136. The van der Waals surface area contributed by atoms with Gasteiger partial charge in [-0.25, -0.2) is 9.07 Å². The molecule has 0 aliphatic heterocycles. The van der Waals surface area contributed by atoms with Crippen LogP contribution in [0.2, 0.25) is 0 Å². The van der Waals surface area contributed by atoms with Gasteiger partial charge >= 0.3 is 6.18 Å². The molecule has 4 nitrogen and oxygen atoms in total. The van der Waals surface area contributed by atoms with E-state index in [1.165, 1.54) is 65.5 Å². The van der Waals surface area contributed by atoms with Crippen LogP contribution in [0.3, 0.4) is 0 Å². The molecule has 2 aromatic carbocycles. The van der Waals surface area contributed by atoms with E-state index in [-0.39, 0.29) is 16.3 Å². The molecule has 1 unspecified atom stereocenters. The quantitative estimate of drug-likeness (QED) is 0.377. The second-order valence-electron chi connectivity index (χ2n) is 6.77. The van der Waals surface area contributed by atoms with E-state index in [1.54, 1.807) is 0 Å². The Bertz CT molecular complexity index is 1150. The van der Waals surface area contributed by atoms with Crippen molar-refractivity contribution in [3.8, 4) is 5.69 Å². The maximum Gasteiger partial charge on any atom is 0.423 e. The average Bonchev–Trinajstić information content (AvgIpc) is 3.13. The van der Waals surface area contributed by atoms with Crippen LogP contribution in [-0.4, -0.2) is 27.6 Å². The standard InChI is InChI=1S/C22H18ClF4N3O/c1-3-18(10-14(2)23)28-13-21(31,22(25,26)27)16-4-9-20-15(11-16)12-29-30(20)19-7-5-17(24)6-8-19/h3-12,28,31H,1-2,13H2/b18-10+. The van der Waals surface area contributed by atoms with Crippen molar-refractivity contribution < 1.29 is 22.7 Å². The Kier molecular flexibility index (Phi) is 6.24. The van der Waals surface area contributed by atoms with Gasteiger partial charge in [-0.1, -0.05) is 30.8 Å². The van der Waals surface area contributed by atoms with Crippen LogP contribution < -0.4 is 5.32 Å². The van der Waals surface area contributed by atoms with E-state index in [2.05, 4.69) is 23.6 Å². The van der Waals surface area contributed by atoms with Crippen molar-refractivity contribution in [3.05, 3.63) is 96.1 Å². The number of allylic oxidation sites excluding steroid dienone is 3. The molecule has 0 amide bonds. The number of benzene rings is 2. The molecule has 0 fully saturated rings. The molecule has 0 spiro atoms. The number of nitrogens with one attached hydrogen (secondary N) is 1. The van der Waals surface area contributed by atoms with Crippen LogP contribution in [0.15, 0.2) is 84.7 Å². The number of aromatic nitrogens is 2. The fourth-order valence-corrected chi connectivity index (χ4v) is 3.14. The van der Waals surface area contributed by atoms with Gasteiger partial charge in [-0.15, -0.1) is 0 Å². The highest BCUT2D eigenvalue weighted by Crippen LogP contribution is 2.40. The van der Waals surface area contributed by atoms with Crippen molar-refractivity contribution in [1.82, 2.24) is 15.1 Å². The summed E-state index contributed by atoms with van der Waals surface area (Å²) >= 11 is 5.66. The largest absolute Gasteiger partial charge is 0.423 e. The average molecular weight is 452 g/mol. The molecule has 31 heavy (non-hydrogen) atoms. The lowest BCUT2D eigenvalue weighted by atomic mass is 9.92. The zero-order chi connectivity index (χ0) is 22.8. The summed E-state index contributed by atoms with van der Waals surface area (Å²) in [5.41, 5.74) is -2.36. The van der Waals surface area contributed by atoms with Crippen LogP contribution in [0.25, 0.3) is 16.6 Å². The Morgan fingerprint density at radius 3 is 2.45 bits per heavy atom. The van der Waals surface area contributed by atoms with Gasteiger partial charge < -0.3 is 10.4 Å². The lowest BCUT2D eigenvalue weighted by molar-refractivity contribution is -0.263. The molecule has 2 N–H and O–H groups in total. The van der Waals surface area contributed by atoms with E-state index in [0.29, 0.717) is 16.6 Å². The molecule has 0 aliphatic carbocycles. The molecule has 0 saturated carbocycles. The van der Waals surface area contributed by atoms with Crippen LogP contribution in [-0.2, 0) is 5.60 Å². The minimum atomic E-state index is -4.98. The number of fused-ring (bicyclic) bond motifs is 1. The van der Waals surface area contributed by atoms with Crippen molar-refractivity contribution in [3.63, 3.8) is 0 Å². The number of aliphatic hydroxyl groups is 1. The number of rotatable bonds is 7. The van der Waals surface area contributed by atoms with Crippen LogP contribution in [0.5, 0.6) is 0 Å². The molecular formula is C22H18ClF4N3O. The van der Waals surface area contributed by atoms with Gasteiger partial charge in [-0.2, -0.15) is 18.3 Å². The second-order valence-corrected chi connectivity index (χ2v) is 7.25. The SMILES string of the molecule is C=C/C(=C\C(=C)Cl)NCC(O)(c1ccc2c(cnn2-c2ccc(F)cc2)c1)C(F)(F)F. The van der Waals surface area contributed by atoms with Gasteiger partial charge in [-0.3, -0.25) is 0 Å². The third-order valence-electron chi connectivity index (χ3n) is 4.67. The van der Waals surface area contributed by atoms with Crippen molar-refractivity contribution in [2.24, 2.45) is 0 Å². The molecule has 0 saturated heterocycles. The maximum atomic E-state index is 13.9. The zero-order valence-corrected chi connectivity index (χ0v) is 16.9. The highest BCUT2D eigenvalue weighted by atomic mass is 35.5. The lowest BCUT2D eigenvalue weighted by Crippen LogP contribution is -2.49. The molecule has 0 aliphatic rings. The summed E-state index contributed by atoms with van der Waals surface area (Å²) in [4.78, 5) is 0. The lowest BCUT2D eigenvalue weighted by Gasteiger charge is -2.31. The summed E-state index contributed by atoms with van der Waals surface area (Å²) < 4.78 is 56.3. The van der Waals surface area contributed by atoms with E-state index in [1.807, 2.05) is 0 Å². The first kappa shape index (κ1) is 22.6. The minimum absolute atomic E-state index is 0.0903. The Hall–Kier alpha value is -3.10. The van der Waals surface area contributed by atoms with Crippen LogP contribution in [0.1, 0.15) is 5.56 Å². The van der Waals surface area contributed by atoms with Crippen LogP contribution in [0, 0.1) is 5.82 Å². The smallest absolute Gasteiger partial charge is 0.381 e. The molecular weight excluding hydrogens is 434 g/mol. The molecule has 162 valence electrons. The Labute approximate surface area is 180 Å². The van der Waals surface area contributed by atoms with E-state index >= 15 is 0 Å². The van der Waals surface area contributed by atoms with Gasteiger partial charge in [0, 0.05) is 16.1 Å². The van der Waals surface area contributed by atoms with Crippen LogP contribution in [0.4, 0.5) is 17.6 Å². The summed E-state index contributed by atoms with van der Waals surface area (Å²) in [6.45, 7) is 6.07. The monoisotopic (exact) mass is 451 g/mol. The first-order valence-electron chi connectivity index (χ1n) is 9.01. The number of alkyl halides is 3. The van der Waals surface area contributed by atoms with Gasteiger partial charge in [0.1, 0.15) is 5.82 Å². The molecule has 1 atom stereocenters. The highest BCUT2D eigenvalue weighted by molar-refractivity contribution is 6.30. The van der Waals surface area contributed by atoms with Crippen molar-refractivity contribution in [2.45, 2.75) is 11.8 Å². The highest BCUT2D eigenvalue weighted by Gasteiger charge is 2.55. The normalized spacial score (nSPS) is 14.3. The van der Waals surface area contributed by atoms with Gasteiger partial charge in [0.15, 0.2) is 0 Å². The zero-order valence-electron chi connectivity index (χ0n) is 16.1. The second kappa shape index (κ2) is 8.56. The first-order chi connectivity index (χ1) is 14.5. The molecule has 0 radical (unpaired) electrons. The topological polar surface area (TPSA) is 50.1 Å². The van der Waals surface area contributed by atoms with Crippen molar-refractivity contribution in [2.75, 3.05) is 6.54 Å². The van der Waals surface area contributed by atoms with Gasteiger partial charge in [-0.05, 0) is 54.1 Å². The van der Waals surface area contributed by atoms with Gasteiger partial charge in [0.2, 0.25) is 5.60 Å². The molecule has 0 bridgehead atoms. The molecule has 9 heteroatoms. The Balaban J connectivity index is 2.00. The number of nitrogens with zero attached hydrogens (tertiary/aromatic N) is 2. The van der Waals surface area contributed by atoms with Gasteiger partial charge in [0.25, 0.3) is 0 Å². The number of halogens is 5. The molecule has 3 rings (SSSR count). The summed E-state index contributed by atoms with van der Waals surface area (Å²) in [6.07, 6.45) is -1.05. The molecule has 3 aromatic rings. The summed E-state index contributed by atoms with van der Waals surface area (Å²) in [5.74, 6) is -0.420. The van der Waals surface area contributed by atoms with E-state index in [4.69, 9.17) is 11.6 Å². The van der Waals surface area contributed by atoms with Crippen LogP contribution >= 0.6 is 11.6 Å². The van der Waals surface area contributed by atoms with Crippen molar-refractivity contribution in [1.29, 1.82) is 0 Å². The van der Waals surface area contributed by atoms with Crippen molar-refractivity contribution >= 4 is 22.5 Å². The fourth-order valence-electron chi connectivity index (χ4n) is 3.03. The Morgan fingerprint density at radius 2 is 1.87 bits per heavy atom. The van der Waals surface area contributed by atoms with E-state index in [9.17, 15) is 22.7 Å². The number of hydrogen-bond donors (Lipinski definition) is 2. The third kappa shape index (κ3) is 4.65. The Morgan fingerprint density at radius 1 is 1.19 bits per heavy atom. The summed E-state index contributed by atoms with van der Waals surface area (Å²) in [5, 5.41) is 17.8. The predicted octanol–water partition coefficient (Wildman–Crippen LogP) is 5.33. The molecule has 1 aromatic heterocycles. The third-order valence-corrected chi connectivity index (χ3v) is 4.78. The number of hydrogen-bond acceptors (Lipinski definition) is 3. The minimum Gasteiger partial charge on any atom is -0.381 e. The first-order valence-corrected chi connectivity index (χ1v) is 9.38. The maximum absolute atomic E-state index is 13.9. The van der Waals surface area contributed by atoms with E-state index in [0.717, 1.165) is 0 Å².